The van der Waals surface area contributed by atoms with Crippen LogP contribution >= 0.6 is 0 Å². The van der Waals surface area contributed by atoms with Gasteiger partial charge >= 0.3 is 5.97 Å². The molecule has 0 aliphatic heterocycles. The molecule has 0 radical (unpaired) electrons. The summed E-state index contributed by atoms with van der Waals surface area (Å²) in [6, 6.07) is 19.2. The highest BCUT2D eigenvalue weighted by Crippen LogP contribution is 2.17. The SMILES string of the molecule is C=CC[C@H](CC(=O)N(CCO)Cc1ccccc1)C(=O)NC[C@H](C)OC(=O)[C@@H](CC=C)Cc1ccccc1. The first kappa shape index (κ1) is 30.5. The molecule has 2 aromatic rings. The number of rotatable bonds is 17. The van der Waals surface area contributed by atoms with Gasteiger partial charge in [-0.3, -0.25) is 14.4 Å². The second-order valence-corrected chi connectivity index (χ2v) is 9.35. The third kappa shape index (κ3) is 10.7. The first-order chi connectivity index (χ1) is 18.4. The van der Waals surface area contributed by atoms with Crippen molar-refractivity contribution in [3.63, 3.8) is 0 Å². The molecule has 0 aliphatic carbocycles. The maximum Gasteiger partial charge on any atom is 0.309 e. The molecule has 204 valence electrons. The van der Waals surface area contributed by atoms with Gasteiger partial charge in [-0.2, -0.15) is 0 Å². The van der Waals surface area contributed by atoms with E-state index < -0.39 is 12.0 Å². The van der Waals surface area contributed by atoms with Crippen LogP contribution in [0.4, 0.5) is 0 Å². The van der Waals surface area contributed by atoms with Gasteiger partial charge in [0.25, 0.3) is 0 Å². The summed E-state index contributed by atoms with van der Waals surface area (Å²) >= 11 is 0. The fourth-order valence-corrected chi connectivity index (χ4v) is 4.13. The first-order valence-corrected chi connectivity index (χ1v) is 13.0. The summed E-state index contributed by atoms with van der Waals surface area (Å²) < 4.78 is 5.62. The van der Waals surface area contributed by atoms with E-state index in [4.69, 9.17) is 4.74 Å². The Hall–Kier alpha value is -3.71. The summed E-state index contributed by atoms with van der Waals surface area (Å²) in [4.78, 5) is 40.3. The molecule has 7 nitrogen and oxygen atoms in total. The lowest BCUT2D eigenvalue weighted by molar-refractivity contribution is -0.153. The largest absolute Gasteiger partial charge is 0.461 e. The van der Waals surface area contributed by atoms with Crippen molar-refractivity contribution in [2.45, 2.75) is 45.3 Å². The molecule has 0 spiro atoms. The molecule has 0 aliphatic rings. The zero-order chi connectivity index (χ0) is 27.8. The Bertz CT molecular complexity index is 1030. The molecule has 0 saturated heterocycles. The van der Waals surface area contributed by atoms with E-state index in [9.17, 15) is 19.5 Å². The number of aliphatic hydroxyl groups is 1. The summed E-state index contributed by atoms with van der Waals surface area (Å²) in [5.41, 5.74) is 1.98. The van der Waals surface area contributed by atoms with Crippen LogP contribution in [0.25, 0.3) is 0 Å². The Balaban J connectivity index is 1.91. The van der Waals surface area contributed by atoms with Gasteiger partial charge < -0.3 is 20.1 Å². The lowest BCUT2D eigenvalue weighted by Crippen LogP contribution is -2.40. The third-order valence-electron chi connectivity index (χ3n) is 6.17. The van der Waals surface area contributed by atoms with Crippen LogP contribution in [0.1, 0.15) is 37.3 Å². The fraction of sp³-hybridized carbons (Fsp3) is 0.387. The van der Waals surface area contributed by atoms with E-state index in [0.29, 0.717) is 25.8 Å². The van der Waals surface area contributed by atoms with E-state index in [-0.39, 0.29) is 49.8 Å². The van der Waals surface area contributed by atoms with Crippen molar-refractivity contribution in [3.8, 4) is 0 Å². The average molecular weight is 521 g/mol. The van der Waals surface area contributed by atoms with Crippen LogP contribution in [0.3, 0.4) is 0 Å². The molecular weight excluding hydrogens is 480 g/mol. The highest BCUT2D eigenvalue weighted by molar-refractivity contribution is 5.86. The molecule has 2 aromatic carbocycles. The van der Waals surface area contributed by atoms with Crippen LogP contribution in [-0.4, -0.2) is 53.6 Å². The van der Waals surface area contributed by atoms with Crippen molar-refractivity contribution in [3.05, 3.63) is 97.1 Å². The van der Waals surface area contributed by atoms with Crippen LogP contribution in [0.5, 0.6) is 0 Å². The molecule has 0 bridgehead atoms. The van der Waals surface area contributed by atoms with Crippen LogP contribution < -0.4 is 5.32 Å². The van der Waals surface area contributed by atoms with Gasteiger partial charge in [-0.05, 0) is 37.3 Å². The zero-order valence-corrected chi connectivity index (χ0v) is 22.3. The molecule has 2 amide bonds. The Labute approximate surface area is 226 Å². The maximum atomic E-state index is 13.0. The Morgan fingerprint density at radius 1 is 0.947 bits per heavy atom. The van der Waals surface area contributed by atoms with Crippen LogP contribution in [0.2, 0.25) is 0 Å². The van der Waals surface area contributed by atoms with E-state index >= 15 is 0 Å². The predicted molar refractivity (Wildman–Crippen MR) is 149 cm³/mol. The van der Waals surface area contributed by atoms with E-state index in [1.807, 2.05) is 60.7 Å². The summed E-state index contributed by atoms with van der Waals surface area (Å²) in [5.74, 6) is -1.85. The molecule has 2 rings (SSSR count). The smallest absolute Gasteiger partial charge is 0.309 e. The van der Waals surface area contributed by atoms with Gasteiger partial charge in [0.1, 0.15) is 6.10 Å². The van der Waals surface area contributed by atoms with E-state index in [1.54, 1.807) is 24.0 Å². The Kier molecular flexibility index (Phi) is 13.6. The highest BCUT2D eigenvalue weighted by atomic mass is 16.5. The lowest BCUT2D eigenvalue weighted by atomic mass is 9.96. The van der Waals surface area contributed by atoms with Crippen molar-refractivity contribution in [2.24, 2.45) is 11.8 Å². The third-order valence-corrected chi connectivity index (χ3v) is 6.17. The number of ether oxygens (including phenoxy) is 1. The van der Waals surface area contributed by atoms with Gasteiger partial charge in [0.15, 0.2) is 0 Å². The van der Waals surface area contributed by atoms with Crippen LogP contribution in [0.15, 0.2) is 86.0 Å². The number of nitrogens with one attached hydrogen (secondary N) is 1. The molecule has 0 saturated carbocycles. The minimum absolute atomic E-state index is 0.0165. The van der Waals surface area contributed by atoms with Gasteiger partial charge in [0, 0.05) is 19.5 Å². The molecular formula is C31H40N2O5. The van der Waals surface area contributed by atoms with Crippen molar-refractivity contribution in [1.29, 1.82) is 0 Å². The predicted octanol–water partition coefficient (Wildman–Crippen LogP) is 4.07. The molecule has 2 N–H and O–H groups in total. The molecule has 38 heavy (non-hydrogen) atoms. The molecule has 0 heterocycles. The monoisotopic (exact) mass is 520 g/mol. The molecule has 7 heteroatoms. The van der Waals surface area contributed by atoms with E-state index in [2.05, 4.69) is 18.5 Å². The molecule has 3 atom stereocenters. The Morgan fingerprint density at radius 3 is 2.11 bits per heavy atom. The van der Waals surface area contributed by atoms with Crippen LogP contribution in [0, 0.1) is 11.8 Å². The van der Waals surface area contributed by atoms with E-state index in [0.717, 1.165) is 11.1 Å². The number of allylic oxidation sites excluding steroid dienone is 2. The summed E-state index contributed by atoms with van der Waals surface area (Å²) in [6.07, 6.45) is 4.11. The van der Waals surface area contributed by atoms with Gasteiger partial charge in [-0.1, -0.05) is 72.8 Å². The van der Waals surface area contributed by atoms with Crippen molar-refractivity contribution >= 4 is 17.8 Å². The fourth-order valence-electron chi connectivity index (χ4n) is 4.13. The second-order valence-electron chi connectivity index (χ2n) is 9.35. The number of carbonyl (C=O) groups excluding carboxylic acids is 3. The Morgan fingerprint density at radius 2 is 1.53 bits per heavy atom. The van der Waals surface area contributed by atoms with Gasteiger partial charge in [0.2, 0.25) is 11.8 Å². The number of amides is 2. The zero-order valence-electron chi connectivity index (χ0n) is 22.3. The second kappa shape index (κ2) is 16.9. The normalized spacial score (nSPS) is 13.0. The summed E-state index contributed by atoms with van der Waals surface area (Å²) in [6.45, 7) is 9.69. The minimum Gasteiger partial charge on any atom is -0.461 e. The maximum absolute atomic E-state index is 13.0. The number of hydrogen-bond acceptors (Lipinski definition) is 5. The first-order valence-electron chi connectivity index (χ1n) is 13.0. The summed E-state index contributed by atoms with van der Waals surface area (Å²) in [5, 5.41) is 12.3. The molecule has 0 aromatic heterocycles. The number of esters is 1. The number of benzene rings is 2. The lowest BCUT2D eigenvalue weighted by Gasteiger charge is -2.25. The van der Waals surface area contributed by atoms with Crippen molar-refractivity contribution in [1.82, 2.24) is 10.2 Å². The van der Waals surface area contributed by atoms with Gasteiger partial charge in [-0.15, -0.1) is 13.2 Å². The number of nitrogens with zero attached hydrogens (tertiary/aromatic N) is 1. The number of aliphatic hydroxyl groups excluding tert-OH is 1. The molecule has 0 unspecified atom stereocenters. The topological polar surface area (TPSA) is 95.9 Å². The quantitative estimate of drug-likeness (QED) is 0.242. The molecule has 0 fully saturated rings. The highest BCUT2D eigenvalue weighted by Gasteiger charge is 2.26. The summed E-state index contributed by atoms with van der Waals surface area (Å²) in [7, 11) is 0. The van der Waals surface area contributed by atoms with Crippen molar-refractivity contribution in [2.75, 3.05) is 19.7 Å². The average Bonchev–Trinajstić information content (AvgIpc) is 2.92. The van der Waals surface area contributed by atoms with Gasteiger partial charge in [0.05, 0.1) is 25.0 Å². The van der Waals surface area contributed by atoms with E-state index in [1.165, 1.54) is 0 Å². The number of hydrogen-bond donors (Lipinski definition) is 2. The van der Waals surface area contributed by atoms with Crippen LogP contribution in [-0.2, 0) is 32.1 Å². The minimum atomic E-state index is -0.619. The number of carbonyl (C=O) groups is 3. The van der Waals surface area contributed by atoms with Gasteiger partial charge in [-0.25, -0.2) is 0 Å². The van der Waals surface area contributed by atoms with Crippen molar-refractivity contribution < 1.29 is 24.2 Å². The standard InChI is InChI=1S/C31H40N2O5/c1-4-12-27(21-29(35)33(18-19-34)23-26-16-10-7-11-17-26)30(36)32-22-24(3)38-31(37)28(13-5-2)20-25-14-8-6-9-15-25/h4-11,14-17,24,27-28,34H,1-2,12-13,18-23H2,3H3,(H,32,36)/t24-,27+,28-/m0/s1.